The molecule has 0 aromatic heterocycles. The monoisotopic (exact) mass is 181 g/mol. The molecule has 0 aromatic rings. The molecule has 1 unspecified atom stereocenters. The van der Waals surface area contributed by atoms with Gasteiger partial charge in [0.05, 0.1) is 0 Å². The van der Waals surface area contributed by atoms with Crippen LogP contribution in [0.15, 0.2) is 0 Å². The molecule has 2 rings (SSSR count). The number of hydrogen-bond acceptors (Lipinski definition) is 1. The zero-order valence-electron chi connectivity index (χ0n) is 8.38. The molecule has 0 saturated heterocycles. The van der Waals surface area contributed by atoms with Crippen molar-refractivity contribution in [1.82, 2.24) is 0 Å². The number of rotatable bonds is 1. The zero-order chi connectivity index (χ0) is 9.47. The van der Waals surface area contributed by atoms with Crippen LogP contribution in [0.1, 0.15) is 45.4 Å². The Morgan fingerprint density at radius 3 is 2.08 bits per heavy atom. The van der Waals surface area contributed by atoms with Gasteiger partial charge in [-0.3, -0.25) is 4.79 Å². The second kappa shape index (κ2) is 3.00. The molecule has 0 aliphatic heterocycles. The van der Waals surface area contributed by atoms with Gasteiger partial charge in [-0.2, -0.15) is 0 Å². The number of fused-ring (bicyclic) bond motifs is 1. The quantitative estimate of drug-likeness (QED) is 0.661. The molecule has 0 aromatic carbocycles. The van der Waals surface area contributed by atoms with Crippen molar-refractivity contribution in [1.29, 1.82) is 0 Å². The van der Waals surface area contributed by atoms with Gasteiger partial charge in [0.1, 0.15) is 0 Å². The van der Waals surface area contributed by atoms with Gasteiger partial charge in [0.15, 0.2) is 0 Å². The highest BCUT2D eigenvalue weighted by Crippen LogP contribution is 2.51. The van der Waals surface area contributed by atoms with E-state index in [9.17, 15) is 4.79 Å². The highest BCUT2D eigenvalue weighted by molar-refractivity contribution is 5.80. The van der Waals surface area contributed by atoms with Gasteiger partial charge in [-0.05, 0) is 24.7 Å². The Labute approximate surface area is 79.9 Å². The van der Waals surface area contributed by atoms with Gasteiger partial charge in [-0.15, -0.1) is 0 Å². The van der Waals surface area contributed by atoms with Crippen LogP contribution in [0.5, 0.6) is 0 Å². The van der Waals surface area contributed by atoms with E-state index in [-0.39, 0.29) is 11.3 Å². The summed E-state index contributed by atoms with van der Waals surface area (Å²) < 4.78 is 0. The molecule has 2 aliphatic carbocycles. The Kier molecular flexibility index (Phi) is 2.09. The minimum absolute atomic E-state index is 0.0816. The molecule has 2 aliphatic rings. The molecule has 0 spiro atoms. The van der Waals surface area contributed by atoms with Gasteiger partial charge >= 0.3 is 0 Å². The van der Waals surface area contributed by atoms with Gasteiger partial charge in [0.25, 0.3) is 0 Å². The van der Waals surface area contributed by atoms with Crippen LogP contribution in [0.4, 0.5) is 0 Å². The summed E-state index contributed by atoms with van der Waals surface area (Å²) in [4.78, 5) is 11.3. The Hall–Kier alpha value is -0.530. The highest BCUT2D eigenvalue weighted by Gasteiger charge is 2.46. The maximum atomic E-state index is 11.3. The fourth-order valence-corrected chi connectivity index (χ4v) is 3.26. The molecular formula is C11H19NO. The number of amides is 1. The Morgan fingerprint density at radius 1 is 1.23 bits per heavy atom. The molecule has 0 heterocycles. The minimum Gasteiger partial charge on any atom is -0.369 e. The maximum absolute atomic E-state index is 11.3. The number of carbonyl (C=O) groups is 1. The van der Waals surface area contributed by atoms with Crippen molar-refractivity contribution in [3.63, 3.8) is 0 Å². The van der Waals surface area contributed by atoms with Crippen molar-refractivity contribution in [3.05, 3.63) is 0 Å². The topological polar surface area (TPSA) is 43.1 Å². The summed E-state index contributed by atoms with van der Waals surface area (Å²) in [5.74, 6) is 1.51. The van der Waals surface area contributed by atoms with Crippen molar-refractivity contribution >= 4 is 5.91 Å². The number of nitrogens with two attached hydrogens (primary N) is 1. The fourth-order valence-electron chi connectivity index (χ4n) is 3.26. The van der Waals surface area contributed by atoms with Crippen molar-refractivity contribution < 1.29 is 4.79 Å². The summed E-state index contributed by atoms with van der Waals surface area (Å²) in [5, 5.41) is 0. The molecule has 2 heteroatoms. The molecule has 3 atom stereocenters. The van der Waals surface area contributed by atoms with E-state index < -0.39 is 0 Å². The molecule has 13 heavy (non-hydrogen) atoms. The Balaban J connectivity index is 2.10. The van der Waals surface area contributed by atoms with Gasteiger partial charge in [-0.25, -0.2) is 0 Å². The van der Waals surface area contributed by atoms with E-state index in [0.717, 1.165) is 24.7 Å². The molecule has 74 valence electrons. The normalized spacial score (nSPS) is 44.4. The summed E-state index contributed by atoms with van der Waals surface area (Å²) >= 11 is 0. The third kappa shape index (κ3) is 1.47. The van der Waals surface area contributed by atoms with Crippen LogP contribution in [-0.4, -0.2) is 5.91 Å². The van der Waals surface area contributed by atoms with Gasteiger partial charge in [0.2, 0.25) is 5.91 Å². The summed E-state index contributed by atoms with van der Waals surface area (Å²) in [6.07, 6.45) is 7.47. The van der Waals surface area contributed by atoms with E-state index in [0.29, 0.717) is 0 Å². The van der Waals surface area contributed by atoms with E-state index >= 15 is 0 Å². The summed E-state index contributed by atoms with van der Waals surface area (Å²) in [7, 11) is 0. The third-order valence-electron chi connectivity index (χ3n) is 4.09. The molecular weight excluding hydrogens is 162 g/mol. The minimum atomic E-state index is -0.181. The van der Waals surface area contributed by atoms with Crippen LogP contribution in [0.3, 0.4) is 0 Å². The molecule has 2 N–H and O–H groups in total. The summed E-state index contributed by atoms with van der Waals surface area (Å²) in [6, 6.07) is 0. The lowest BCUT2D eigenvalue weighted by Crippen LogP contribution is -2.32. The third-order valence-corrected chi connectivity index (χ3v) is 4.09. The van der Waals surface area contributed by atoms with Crippen molar-refractivity contribution in [2.75, 3.05) is 0 Å². The van der Waals surface area contributed by atoms with Crippen LogP contribution in [0.2, 0.25) is 0 Å². The lowest BCUT2D eigenvalue weighted by atomic mass is 9.82. The fraction of sp³-hybridized carbons (Fsp3) is 0.909. The van der Waals surface area contributed by atoms with Crippen LogP contribution < -0.4 is 5.73 Å². The number of primary amides is 1. The first-order valence-electron chi connectivity index (χ1n) is 5.42. The first-order valence-corrected chi connectivity index (χ1v) is 5.42. The summed E-state index contributed by atoms with van der Waals surface area (Å²) in [5.41, 5.74) is 5.27. The second-order valence-electron chi connectivity index (χ2n) is 5.14. The predicted molar refractivity (Wildman–Crippen MR) is 52.0 cm³/mol. The lowest BCUT2D eigenvalue weighted by molar-refractivity contribution is -0.126. The van der Waals surface area contributed by atoms with Crippen LogP contribution in [0, 0.1) is 17.3 Å². The Morgan fingerprint density at radius 2 is 1.69 bits per heavy atom. The number of hydrogen-bond donors (Lipinski definition) is 1. The Bertz CT molecular complexity index is 210. The maximum Gasteiger partial charge on any atom is 0.223 e. The van der Waals surface area contributed by atoms with Crippen LogP contribution >= 0.6 is 0 Å². The van der Waals surface area contributed by atoms with Crippen LogP contribution in [0.25, 0.3) is 0 Å². The predicted octanol–water partition coefficient (Wildman–Crippen LogP) is 2.08. The standard InChI is InChI=1S/C11H19NO/c1-11(10(12)13)6-8-4-2-3-5-9(8)7-11/h8-9H,2-7H2,1H3,(H2,12,13)/t8-,9+,11?. The van der Waals surface area contributed by atoms with Gasteiger partial charge in [-0.1, -0.05) is 32.6 Å². The number of carbonyl (C=O) groups excluding carboxylic acids is 1. The SMILES string of the molecule is CC1(C(N)=O)C[C@H]2CCCC[C@H]2C1. The van der Waals surface area contributed by atoms with Crippen molar-refractivity contribution in [2.24, 2.45) is 23.0 Å². The first kappa shape index (κ1) is 9.04. The van der Waals surface area contributed by atoms with Crippen molar-refractivity contribution in [2.45, 2.75) is 45.4 Å². The largest absolute Gasteiger partial charge is 0.369 e. The summed E-state index contributed by atoms with van der Waals surface area (Å²) in [6.45, 7) is 2.05. The van der Waals surface area contributed by atoms with E-state index in [1.54, 1.807) is 0 Å². The first-order chi connectivity index (χ1) is 6.12. The highest BCUT2D eigenvalue weighted by atomic mass is 16.1. The smallest absolute Gasteiger partial charge is 0.223 e. The molecule has 2 fully saturated rings. The zero-order valence-corrected chi connectivity index (χ0v) is 8.38. The molecule has 2 nitrogen and oxygen atoms in total. The van der Waals surface area contributed by atoms with Gasteiger partial charge < -0.3 is 5.73 Å². The van der Waals surface area contributed by atoms with Gasteiger partial charge in [0, 0.05) is 5.41 Å². The molecule has 0 bridgehead atoms. The molecule has 1 amide bonds. The molecule has 0 radical (unpaired) electrons. The average molecular weight is 181 g/mol. The average Bonchev–Trinajstić information content (AvgIpc) is 2.42. The van der Waals surface area contributed by atoms with E-state index in [1.165, 1.54) is 25.7 Å². The van der Waals surface area contributed by atoms with E-state index in [4.69, 9.17) is 5.73 Å². The van der Waals surface area contributed by atoms with E-state index in [1.807, 2.05) is 6.92 Å². The lowest BCUT2D eigenvalue weighted by Gasteiger charge is -2.24. The van der Waals surface area contributed by atoms with Crippen LogP contribution in [-0.2, 0) is 4.79 Å². The van der Waals surface area contributed by atoms with E-state index in [2.05, 4.69) is 0 Å². The van der Waals surface area contributed by atoms with Crippen molar-refractivity contribution in [3.8, 4) is 0 Å². The second-order valence-corrected chi connectivity index (χ2v) is 5.14. The molecule has 2 saturated carbocycles.